The second-order valence-electron chi connectivity index (χ2n) is 4.71. The summed E-state index contributed by atoms with van der Waals surface area (Å²) in [6.07, 6.45) is 0.908. The first kappa shape index (κ1) is 13.2. The predicted molar refractivity (Wildman–Crippen MR) is 70.7 cm³/mol. The van der Waals surface area contributed by atoms with Crippen LogP contribution in [-0.4, -0.2) is 11.4 Å². The maximum Gasteiger partial charge on any atom is 0.251 e. The summed E-state index contributed by atoms with van der Waals surface area (Å²) in [5, 5.41) is 3.02. The Kier molecular flexibility index (Phi) is 4.14. The molecule has 16 heavy (non-hydrogen) atoms. The predicted octanol–water partition coefficient (Wildman–Crippen LogP) is 3.68. The summed E-state index contributed by atoms with van der Waals surface area (Å²) in [5.74, 6) is -0.0174. The highest BCUT2D eigenvalue weighted by molar-refractivity contribution is 9.10. The summed E-state index contributed by atoms with van der Waals surface area (Å²) in [6, 6.07) is 5.72. The van der Waals surface area contributed by atoms with Gasteiger partial charge in [0.1, 0.15) is 0 Å². The molecule has 0 aliphatic heterocycles. The highest BCUT2D eigenvalue weighted by Gasteiger charge is 2.18. The lowest BCUT2D eigenvalue weighted by molar-refractivity contribution is 0.0911. The zero-order valence-electron chi connectivity index (χ0n) is 10.2. The van der Waals surface area contributed by atoms with Crippen molar-refractivity contribution >= 4 is 21.8 Å². The van der Waals surface area contributed by atoms with E-state index in [-0.39, 0.29) is 11.4 Å². The van der Waals surface area contributed by atoms with Crippen molar-refractivity contribution in [3.8, 4) is 0 Å². The van der Waals surface area contributed by atoms with E-state index >= 15 is 0 Å². The number of carbonyl (C=O) groups is 1. The summed E-state index contributed by atoms with van der Waals surface area (Å²) in [6.45, 7) is 8.09. The van der Waals surface area contributed by atoms with Crippen LogP contribution < -0.4 is 5.32 Å². The zero-order chi connectivity index (χ0) is 12.3. The molecule has 0 radical (unpaired) electrons. The van der Waals surface area contributed by atoms with Gasteiger partial charge >= 0.3 is 0 Å². The van der Waals surface area contributed by atoms with Crippen LogP contribution in [0.25, 0.3) is 0 Å². The van der Waals surface area contributed by atoms with Gasteiger partial charge < -0.3 is 5.32 Å². The molecule has 0 saturated carbocycles. The number of halogens is 1. The Morgan fingerprint density at radius 1 is 1.38 bits per heavy atom. The number of amides is 1. The van der Waals surface area contributed by atoms with Gasteiger partial charge in [-0.2, -0.15) is 0 Å². The van der Waals surface area contributed by atoms with Crippen molar-refractivity contribution in [3.63, 3.8) is 0 Å². The fourth-order valence-electron chi connectivity index (χ4n) is 1.34. The fraction of sp³-hybridized carbons (Fsp3) is 0.462. The van der Waals surface area contributed by atoms with Crippen LogP contribution >= 0.6 is 15.9 Å². The van der Waals surface area contributed by atoms with Gasteiger partial charge in [0, 0.05) is 15.6 Å². The monoisotopic (exact) mass is 283 g/mol. The van der Waals surface area contributed by atoms with Crippen molar-refractivity contribution in [1.29, 1.82) is 0 Å². The number of aryl methyl sites for hydroxylation is 1. The molecule has 0 saturated heterocycles. The lowest BCUT2D eigenvalue weighted by Gasteiger charge is -2.24. The van der Waals surface area contributed by atoms with E-state index in [4.69, 9.17) is 0 Å². The van der Waals surface area contributed by atoms with Crippen molar-refractivity contribution in [2.75, 3.05) is 0 Å². The van der Waals surface area contributed by atoms with Crippen LogP contribution in [0.5, 0.6) is 0 Å². The molecule has 0 unspecified atom stereocenters. The van der Waals surface area contributed by atoms with Crippen molar-refractivity contribution in [2.24, 2.45) is 0 Å². The van der Waals surface area contributed by atoms with Gasteiger partial charge in [-0.15, -0.1) is 0 Å². The van der Waals surface area contributed by atoms with Gasteiger partial charge in [0.15, 0.2) is 0 Å². The maximum atomic E-state index is 12.0. The second-order valence-corrected chi connectivity index (χ2v) is 5.62. The van der Waals surface area contributed by atoms with Crippen LogP contribution in [0.1, 0.15) is 43.1 Å². The van der Waals surface area contributed by atoms with E-state index in [2.05, 4.69) is 28.2 Å². The molecule has 0 aliphatic carbocycles. The SMILES string of the molecule is CCC(C)(C)NC(=O)c1cc(C)cc(Br)c1. The molecule has 1 amide bonds. The van der Waals surface area contributed by atoms with Gasteiger partial charge in [-0.25, -0.2) is 0 Å². The van der Waals surface area contributed by atoms with Crippen LogP contribution in [0.4, 0.5) is 0 Å². The van der Waals surface area contributed by atoms with E-state index in [9.17, 15) is 4.79 Å². The topological polar surface area (TPSA) is 29.1 Å². The molecule has 3 heteroatoms. The minimum absolute atomic E-state index is 0.0174. The number of hydrogen-bond acceptors (Lipinski definition) is 1. The summed E-state index contributed by atoms with van der Waals surface area (Å²) >= 11 is 3.40. The second kappa shape index (κ2) is 5.00. The van der Waals surface area contributed by atoms with Crippen LogP contribution in [0.3, 0.4) is 0 Å². The highest BCUT2D eigenvalue weighted by Crippen LogP contribution is 2.16. The molecular weight excluding hydrogens is 266 g/mol. The number of rotatable bonds is 3. The molecule has 0 fully saturated rings. The third-order valence-corrected chi connectivity index (χ3v) is 3.10. The molecule has 88 valence electrons. The number of nitrogens with one attached hydrogen (secondary N) is 1. The molecule has 1 aromatic rings. The molecule has 0 aliphatic rings. The Hall–Kier alpha value is -0.830. The highest BCUT2D eigenvalue weighted by atomic mass is 79.9. The lowest BCUT2D eigenvalue weighted by atomic mass is 10.0. The Bertz CT molecular complexity index is 379. The van der Waals surface area contributed by atoms with E-state index < -0.39 is 0 Å². The molecular formula is C13H18BrNO. The Morgan fingerprint density at radius 2 is 2.00 bits per heavy atom. The molecule has 0 heterocycles. The van der Waals surface area contributed by atoms with E-state index in [1.807, 2.05) is 39.0 Å². The van der Waals surface area contributed by atoms with Gasteiger partial charge in [-0.1, -0.05) is 22.9 Å². The average molecular weight is 284 g/mol. The summed E-state index contributed by atoms with van der Waals surface area (Å²) in [5.41, 5.74) is 1.62. The van der Waals surface area contributed by atoms with Gasteiger partial charge in [-0.05, 0) is 51.0 Å². The lowest BCUT2D eigenvalue weighted by Crippen LogP contribution is -2.42. The minimum atomic E-state index is -0.159. The Labute approximate surface area is 106 Å². The first-order chi connectivity index (χ1) is 7.34. The summed E-state index contributed by atoms with van der Waals surface area (Å²) in [7, 11) is 0. The van der Waals surface area contributed by atoms with Crippen LogP contribution in [0.15, 0.2) is 22.7 Å². The number of hydrogen-bond donors (Lipinski definition) is 1. The average Bonchev–Trinajstić information content (AvgIpc) is 2.15. The largest absolute Gasteiger partial charge is 0.347 e. The quantitative estimate of drug-likeness (QED) is 0.901. The third-order valence-electron chi connectivity index (χ3n) is 2.64. The standard InChI is InChI=1S/C13H18BrNO/c1-5-13(3,4)15-12(16)10-6-9(2)7-11(14)8-10/h6-8H,5H2,1-4H3,(H,15,16). The molecule has 0 aromatic heterocycles. The molecule has 1 aromatic carbocycles. The molecule has 0 spiro atoms. The molecule has 1 N–H and O–H groups in total. The maximum absolute atomic E-state index is 12.0. The minimum Gasteiger partial charge on any atom is -0.347 e. The van der Waals surface area contributed by atoms with E-state index in [1.54, 1.807) is 0 Å². The van der Waals surface area contributed by atoms with E-state index in [0.29, 0.717) is 5.56 Å². The van der Waals surface area contributed by atoms with Crippen LogP contribution in [0.2, 0.25) is 0 Å². The fourth-order valence-corrected chi connectivity index (χ4v) is 1.94. The first-order valence-corrected chi connectivity index (χ1v) is 6.23. The van der Waals surface area contributed by atoms with Gasteiger partial charge in [-0.3, -0.25) is 4.79 Å². The van der Waals surface area contributed by atoms with Crippen LogP contribution in [-0.2, 0) is 0 Å². The molecule has 0 atom stereocenters. The smallest absolute Gasteiger partial charge is 0.251 e. The molecule has 0 bridgehead atoms. The summed E-state index contributed by atoms with van der Waals surface area (Å²) in [4.78, 5) is 12.0. The molecule has 2 nitrogen and oxygen atoms in total. The Balaban J connectivity index is 2.89. The van der Waals surface area contributed by atoms with Gasteiger partial charge in [0.25, 0.3) is 5.91 Å². The van der Waals surface area contributed by atoms with Crippen molar-refractivity contribution in [1.82, 2.24) is 5.32 Å². The van der Waals surface area contributed by atoms with Crippen molar-refractivity contribution < 1.29 is 4.79 Å². The van der Waals surface area contributed by atoms with Crippen molar-refractivity contribution in [3.05, 3.63) is 33.8 Å². The van der Waals surface area contributed by atoms with Gasteiger partial charge in [0.05, 0.1) is 0 Å². The number of carbonyl (C=O) groups excluding carboxylic acids is 1. The van der Waals surface area contributed by atoms with Crippen molar-refractivity contribution in [2.45, 2.75) is 39.7 Å². The molecule has 1 rings (SSSR count). The van der Waals surface area contributed by atoms with Crippen LogP contribution in [0, 0.1) is 6.92 Å². The van der Waals surface area contributed by atoms with Gasteiger partial charge in [0.2, 0.25) is 0 Å². The van der Waals surface area contributed by atoms with E-state index in [1.165, 1.54) is 0 Å². The first-order valence-electron chi connectivity index (χ1n) is 5.44. The summed E-state index contributed by atoms with van der Waals surface area (Å²) < 4.78 is 0.937. The zero-order valence-corrected chi connectivity index (χ0v) is 11.8. The third kappa shape index (κ3) is 3.63. The normalized spacial score (nSPS) is 11.3. The van der Waals surface area contributed by atoms with E-state index in [0.717, 1.165) is 16.5 Å². The number of benzene rings is 1. The Morgan fingerprint density at radius 3 is 2.50 bits per heavy atom.